The lowest BCUT2D eigenvalue weighted by molar-refractivity contribution is -0.142. The van der Waals surface area contributed by atoms with Gasteiger partial charge in [-0.05, 0) is 88.4 Å². The van der Waals surface area contributed by atoms with E-state index in [0.717, 1.165) is 76.5 Å². The summed E-state index contributed by atoms with van der Waals surface area (Å²) in [7, 11) is 0. The standard InChI is InChI=1S/C26H45N3O2/c1-4-9-26-15-21(2)14-22(17-26)16-25(3,20-26)29(18-23(30)27-10-5-6-11-27)19-24(31)28-12-7-8-13-28/h21-22H,4-20H2,1-3H3. The SMILES string of the molecule is CCCC12CC(C)CC(C1)CC(C)(N(CC(=O)N1CCCC1)CC(=O)N1CCCC1)C2. The topological polar surface area (TPSA) is 43.9 Å². The molecule has 2 saturated heterocycles. The van der Waals surface area contributed by atoms with Gasteiger partial charge in [0.05, 0.1) is 13.1 Å². The fourth-order valence-corrected chi connectivity index (χ4v) is 7.93. The fourth-order valence-electron chi connectivity index (χ4n) is 7.93. The van der Waals surface area contributed by atoms with Crippen molar-refractivity contribution in [1.29, 1.82) is 0 Å². The van der Waals surface area contributed by atoms with Gasteiger partial charge in [-0.25, -0.2) is 0 Å². The second-order valence-electron chi connectivity index (χ2n) is 11.8. The quantitative estimate of drug-likeness (QED) is 0.603. The predicted molar refractivity (Wildman–Crippen MR) is 125 cm³/mol. The largest absolute Gasteiger partial charge is 0.342 e. The van der Waals surface area contributed by atoms with E-state index in [1.165, 1.54) is 32.1 Å². The molecule has 5 nitrogen and oxygen atoms in total. The normalized spacial score (nSPS) is 35.7. The molecular weight excluding hydrogens is 386 g/mol. The summed E-state index contributed by atoms with van der Waals surface area (Å²) in [6.07, 6.45) is 13.3. The summed E-state index contributed by atoms with van der Waals surface area (Å²) in [6.45, 7) is 11.5. The van der Waals surface area contributed by atoms with Gasteiger partial charge in [-0.15, -0.1) is 0 Å². The lowest BCUT2D eigenvalue weighted by Crippen LogP contribution is -2.60. The van der Waals surface area contributed by atoms with Crippen molar-refractivity contribution in [2.24, 2.45) is 17.3 Å². The zero-order chi connectivity index (χ0) is 22.1. The van der Waals surface area contributed by atoms with Crippen molar-refractivity contribution in [3.8, 4) is 0 Å². The van der Waals surface area contributed by atoms with Gasteiger partial charge >= 0.3 is 0 Å². The molecule has 0 N–H and O–H groups in total. The Hall–Kier alpha value is -1.10. The van der Waals surface area contributed by atoms with Crippen LogP contribution in [0.1, 0.15) is 91.4 Å². The number of carbonyl (C=O) groups excluding carboxylic acids is 2. The third-order valence-electron chi connectivity index (χ3n) is 8.84. The monoisotopic (exact) mass is 431 g/mol. The van der Waals surface area contributed by atoms with Gasteiger partial charge in [-0.2, -0.15) is 0 Å². The first-order valence-electron chi connectivity index (χ1n) is 13.1. The minimum Gasteiger partial charge on any atom is -0.342 e. The number of carbonyl (C=O) groups is 2. The van der Waals surface area contributed by atoms with Crippen molar-refractivity contribution < 1.29 is 9.59 Å². The molecule has 0 aromatic carbocycles. The average molecular weight is 432 g/mol. The average Bonchev–Trinajstić information content (AvgIpc) is 3.40. The maximum atomic E-state index is 13.2. The molecular formula is C26H45N3O2. The summed E-state index contributed by atoms with van der Waals surface area (Å²) >= 11 is 0. The van der Waals surface area contributed by atoms with Crippen LogP contribution in [0.5, 0.6) is 0 Å². The smallest absolute Gasteiger partial charge is 0.236 e. The van der Waals surface area contributed by atoms with Crippen LogP contribution in [0.4, 0.5) is 0 Å². The van der Waals surface area contributed by atoms with Gasteiger partial charge in [0.2, 0.25) is 11.8 Å². The van der Waals surface area contributed by atoms with Crippen molar-refractivity contribution in [2.45, 2.75) is 96.9 Å². The summed E-state index contributed by atoms with van der Waals surface area (Å²) in [5.41, 5.74) is 0.346. The molecule has 4 unspecified atom stereocenters. The molecule has 2 bridgehead atoms. The van der Waals surface area contributed by atoms with Crippen LogP contribution in [0.2, 0.25) is 0 Å². The molecule has 0 radical (unpaired) electrons. The highest BCUT2D eigenvalue weighted by molar-refractivity contribution is 5.81. The second-order valence-corrected chi connectivity index (χ2v) is 11.8. The first kappa shape index (κ1) is 23.1. The summed E-state index contributed by atoms with van der Waals surface area (Å²) in [4.78, 5) is 32.8. The van der Waals surface area contributed by atoms with Crippen LogP contribution in [0, 0.1) is 17.3 Å². The maximum absolute atomic E-state index is 13.2. The van der Waals surface area contributed by atoms with Crippen LogP contribution in [-0.4, -0.2) is 71.3 Å². The van der Waals surface area contributed by atoms with E-state index in [-0.39, 0.29) is 17.4 Å². The second kappa shape index (κ2) is 9.41. The molecule has 176 valence electrons. The third-order valence-corrected chi connectivity index (χ3v) is 8.84. The number of rotatable bonds is 7. The molecule has 4 atom stereocenters. The lowest BCUT2D eigenvalue weighted by Gasteiger charge is -2.58. The van der Waals surface area contributed by atoms with Crippen LogP contribution in [-0.2, 0) is 9.59 Å². The van der Waals surface area contributed by atoms with Crippen LogP contribution < -0.4 is 0 Å². The molecule has 2 amide bonds. The van der Waals surface area contributed by atoms with Crippen molar-refractivity contribution in [2.75, 3.05) is 39.3 Å². The van der Waals surface area contributed by atoms with E-state index in [9.17, 15) is 9.59 Å². The fraction of sp³-hybridized carbons (Fsp3) is 0.923. The molecule has 5 heteroatoms. The Morgan fingerprint density at radius 2 is 1.45 bits per heavy atom. The lowest BCUT2D eigenvalue weighted by atomic mass is 9.53. The summed E-state index contributed by atoms with van der Waals surface area (Å²) in [5.74, 6) is 2.02. The van der Waals surface area contributed by atoms with E-state index < -0.39 is 0 Å². The molecule has 2 saturated carbocycles. The summed E-state index contributed by atoms with van der Waals surface area (Å²) in [5, 5.41) is 0. The van der Waals surface area contributed by atoms with Crippen LogP contribution in [0.15, 0.2) is 0 Å². The first-order valence-corrected chi connectivity index (χ1v) is 13.1. The van der Waals surface area contributed by atoms with E-state index >= 15 is 0 Å². The molecule has 4 fully saturated rings. The molecule has 4 rings (SSSR count). The minimum absolute atomic E-state index is 0.0526. The summed E-state index contributed by atoms with van der Waals surface area (Å²) < 4.78 is 0. The molecule has 2 heterocycles. The highest BCUT2D eigenvalue weighted by Crippen LogP contribution is 2.57. The first-order chi connectivity index (χ1) is 14.8. The molecule has 0 aromatic rings. The molecule has 0 spiro atoms. The molecule has 2 aliphatic heterocycles. The number of fused-ring (bicyclic) bond motifs is 2. The number of amides is 2. The number of hydrogen-bond donors (Lipinski definition) is 0. The number of likely N-dealkylation sites (tertiary alicyclic amines) is 2. The Kier molecular flexibility index (Phi) is 7.00. The number of hydrogen-bond acceptors (Lipinski definition) is 3. The van der Waals surface area contributed by atoms with Gasteiger partial charge in [0.1, 0.15) is 0 Å². The van der Waals surface area contributed by atoms with Gasteiger partial charge < -0.3 is 9.80 Å². The van der Waals surface area contributed by atoms with E-state index in [4.69, 9.17) is 0 Å². The minimum atomic E-state index is -0.0526. The van der Waals surface area contributed by atoms with E-state index in [2.05, 4.69) is 25.7 Å². The van der Waals surface area contributed by atoms with Crippen LogP contribution in [0.25, 0.3) is 0 Å². The third kappa shape index (κ3) is 5.12. The molecule has 2 aliphatic carbocycles. The Balaban J connectivity index is 1.56. The summed E-state index contributed by atoms with van der Waals surface area (Å²) in [6, 6.07) is 0. The van der Waals surface area contributed by atoms with Crippen LogP contribution in [0.3, 0.4) is 0 Å². The van der Waals surface area contributed by atoms with Crippen molar-refractivity contribution in [3.63, 3.8) is 0 Å². The van der Waals surface area contributed by atoms with E-state index in [0.29, 0.717) is 18.5 Å². The van der Waals surface area contributed by atoms with E-state index in [1.807, 2.05) is 9.80 Å². The van der Waals surface area contributed by atoms with Gasteiger partial charge in [-0.3, -0.25) is 14.5 Å². The highest BCUT2D eigenvalue weighted by atomic mass is 16.2. The maximum Gasteiger partial charge on any atom is 0.236 e. The Bertz CT molecular complexity index is 621. The van der Waals surface area contributed by atoms with Gasteiger partial charge in [0, 0.05) is 31.7 Å². The van der Waals surface area contributed by atoms with Gasteiger partial charge in [0.15, 0.2) is 0 Å². The van der Waals surface area contributed by atoms with Crippen molar-refractivity contribution >= 4 is 11.8 Å². The number of nitrogens with zero attached hydrogens (tertiary/aromatic N) is 3. The van der Waals surface area contributed by atoms with Gasteiger partial charge in [-0.1, -0.05) is 20.3 Å². The molecule has 4 aliphatic rings. The Labute approximate surface area is 189 Å². The zero-order valence-corrected chi connectivity index (χ0v) is 20.3. The van der Waals surface area contributed by atoms with E-state index in [1.54, 1.807) is 0 Å². The highest BCUT2D eigenvalue weighted by Gasteiger charge is 2.51. The van der Waals surface area contributed by atoms with Crippen molar-refractivity contribution in [3.05, 3.63) is 0 Å². The predicted octanol–water partition coefficient (Wildman–Crippen LogP) is 4.31. The van der Waals surface area contributed by atoms with Crippen molar-refractivity contribution in [1.82, 2.24) is 14.7 Å². The zero-order valence-electron chi connectivity index (χ0n) is 20.3. The van der Waals surface area contributed by atoms with Crippen LogP contribution >= 0.6 is 0 Å². The van der Waals surface area contributed by atoms with Gasteiger partial charge in [0.25, 0.3) is 0 Å². The Morgan fingerprint density at radius 3 is 1.97 bits per heavy atom. The molecule has 0 aromatic heterocycles. The Morgan fingerprint density at radius 1 is 0.903 bits per heavy atom. The molecule has 31 heavy (non-hydrogen) atoms.